The second-order valence-corrected chi connectivity index (χ2v) is 4.61. The molecule has 0 spiro atoms. The third-order valence-electron chi connectivity index (χ3n) is 2.82. The quantitative estimate of drug-likeness (QED) is 0.509. The van der Waals surface area contributed by atoms with Crippen LogP contribution in [-0.2, 0) is 0 Å². The third-order valence-corrected chi connectivity index (χ3v) is 2.82. The van der Waals surface area contributed by atoms with Crippen LogP contribution in [0.4, 0.5) is 24.5 Å². The Morgan fingerprint density at radius 3 is 2.70 bits per heavy atom. The molecule has 0 radical (unpaired) electrons. The molecule has 1 unspecified atom stereocenters. The molecule has 7 heteroatoms. The van der Waals surface area contributed by atoms with Crippen LogP contribution in [-0.4, -0.2) is 24.9 Å². The van der Waals surface area contributed by atoms with Gasteiger partial charge in [0, 0.05) is 25.3 Å². The number of nitrogen functional groups attached to an aromatic ring is 1. The molecule has 0 saturated heterocycles. The number of nitrogens with two attached hydrogens (primary N) is 1. The van der Waals surface area contributed by atoms with Crippen molar-refractivity contribution in [2.24, 2.45) is 5.92 Å². The fourth-order valence-corrected chi connectivity index (χ4v) is 1.67. The number of hydrogen-bond donors (Lipinski definition) is 3. The van der Waals surface area contributed by atoms with Gasteiger partial charge in [-0.2, -0.15) is 8.78 Å². The second kappa shape index (κ2) is 7.84. The van der Waals surface area contributed by atoms with Gasteiger partial charge in [0.2, 0.25) is 0 Å². The monoisotopic (exact) mass is 292 g/mol. The highest BCUT2D eigenvalue weighted by atomic mass is 19.3. The number of benzene rings is 1. The Hall–Kier alpha value is -1.63. The molecular formula is C13H19F3N2O2. The molecule has 20 heavy (non-hydrogen) atoms. The Balaban J connectivity index is 2.60. The molecular weight excluding hydrogens is 273 g/mol. The lowest BCUT2D eigenvalue weighted by Crippen LogP contribution is -2.09. The number of nitrogens with one attached hydrogen (secondary N) is 1. The summed E-state index contributed by atoms with van der Waals surface area (Å²) >= 11 is 0. The maximum atomic E-state index is 13.3. The van der Waals surface area contributed by atoms with Crippen molar-refractivity contribution in [1.29, 1.82) is 0 Å². The lowest BCUT2D eigenvalue weighted by Gasteiger charge is -2.13. The van der Waals surface area contributed by atoms with Crippen molar-refractivity contribution in [3.63, 3.8) is 0 Å². The first kappa shape index (κ1) is 16.4. The largest absolute Gasteiger partial charge is 0.432 e. The number of rotatable bonds is 8. The highest BCUT2D eigenvalue weighted by Crippen LogP contribution is 2.29. The molecule has 1 aromatic rings. The van der Waals surface area contributed by atoms with Crippen LogP contribution in [0.15, 0.2) is 12.1 Å². The number of halogens is 3. The Morgan fingerprint density at radius 1 is 1.40 bits per heavy atom. The maximum Gasteiger partial charge on any atom is 0.387 e. The molecule has 1 atom stereocenters. The average Bonchev–Trinajstić information content (AvgIpc) is 2.38. The molecule has 0 aliphatic heterocycles. The van der Waals surface area contributed by atoms with Crippen molar-refractivity contribution >= 4 is 11.4 Å². The minimum absolute atomic E-state index is 0.116. The Labute approximate surface area is 115 Å². The molecule has 0 aromatic heterocycles. The van der Waals surface area contributed by atoms with E-state index in [2.05, 4.69) is 10.1 Å². The minimum Gasteiger partial charge on any atom is -0.432 e. The summed E-state index contributed by atoms with van der Waals surface area (Å²) in [7, 11) is 0. The van der Waals surface area contributed by atoms with Crippen LogP contribution in [0.25, 0.3) is 0 Å². The number of aliphatic hydroxyl groups is 1. The zero-order chi connectivity index (χ0) is 15.1. The number of anilines is 2. The molecule has 1 rings (SSSR count). The Morgan fingerprint density at radius 2 is 2.10 bits per heavy atom. The van der Waals surface area contributed by atoms with E-state index in [4.69, 9.17) is 10.8 Å². The highest BCUT2D eigenvalue weighted by molar-refractivity contribution is 5.68. The lowest BCUT2D eigenvalue weighted by atomic mass is 10.1. The fraction of sp³-hybridized carbons (Fsp3) is 0.538. The van der Waals surface area contributed by atoms with E-state index in [1.807, 2.05) is 6.92 Å². The normalized spacial score (nSPS) is 12.5. The van der Waals surface area contributed by atoms with Crippen molar-refractivity contribution in [2.45, 2.75) is 26.4 Å². The van der Waals surface area contributed by atoms with Crippen molar-refractivity contribution in [3.05, 3.63) is 17.9 Å². The predicted molar refractivity (Wildman–Crippen MR) is 71.4 cm³/mol. The summed E-state index contributed by atoms with van der Waals surface area (Å²) in [5.74, 6) is -1.28. The third kappa shape index (κ3) is 5.16. The summed E-state index contributed by atoms with van der Waals surface area (Å²) in [5.41, 5.74) is 6.07. The van der Waals surface area contributed by atoms with Gasteiger partial charge in [0.15, 0.2) is 11.6 Å². The van der Waals surface area contributed by atoms with E-state index < -0.39 is 18.2 Å². The average molecular weight is 292 g/mol. The molecule has 0 aliphatic carbocycles. The van der Waals surface area contributed by atoms with Gasteiger partial charge in [-0.05, 0) is 18.8 Å². The molecule has 0 heterocycles. The smallest absolute Gasteiger partial charge is 0.387 e. The molecule has 114 valence electrons. The number of hydrogen-bond acceptors (Lipinski definition) is 4. The SMILES string of the molecule is CC(CO)CCCNc1cc(OC(F)F)c(F)cc1N. The van der Waals surface area contributed by atoms with Crippen molar-refractivity contribution < 1.29 is 23.0 Å². The Kier molecular flexibility index (Phi) is 6.44. The van der Waals surface area contributed by atoms with Gasteiger partial charge in [-0.25, -0.2) is 4.39 Å². The fourth-order valence-electron chi connectivity index (χ4n) is 1.67. The van der Waals surface area contributed by atoms with Gasteiger partial charge < -0.3 is 20.9 Å². The second-order valence-electron chi connectivity index (χ2n) is 4.61. The number of ether oxygens (including phenoxy) is 1. The molecule has 0 fully saturated rings. The van der Waals surface area contributed by atoms with Crippen molar-refractivity contribution in [3.8, 4) is 5.75 Å². The van der Waals surface area contributed by atoms with E-state index in [1.54, 1.807) is 0 Å². The van der Waals surface area contributed by atoms with Gasteiger partial charge in [0.25, 0.3) is 0 Å². The zero-order valence-electron chi connectivity index (χ0n) is 11.2. The first-order chi connectivity index (χ1) is 9.43. The van der Waals surface area contributed by atoms with Gasteiger partial charge in [-0.3, -0.25) is 0 Å². The lowest BCUT2D eigenvalue weighted by molar-refractivity contribution is -0.0521. The van der Waals surface area contributed by atoms with E-state index in [1.165, 1.54) is 0 Å². The maximum absolute atomic E-state index is 13.3. The standard InChI is InChI=1S/C13H19F3N2O2/c1-8(7-19)3-2-4-18-11-6-12(20-13(15)16)9(14)5-10(11)17/h5-6,8,13,18-19H,2-4,7,17H2,1H3. The van der Waals surface area contributed by atoms with Crippen LogP contribution in [0, 0.1) is 11.7 Å². The van der Waals surface area contributed by atoms with E-state index >= 15 is 0 Å². The van der Waals surface area contributed by atoms with E-state index in [-0.39, 0.29) is 18.2 Å². The molecule has 0 saturated carbocycles. The summed E-state index contributed by atoms with van der Waals surface area (Å²) in [6, 6.07) is 2.06. The topological polar surface area (TPSA) is 67.5 Å². The highest BCUT2D eigenvalue weighted by Gasteiger charge is 2.13. The minimum atomic E-state index is -3.09. The van der Waals surface area contributed by atoms with Gasteiger partial charge in [-0.1, -0.05) is 6.92 Å². The van der Waals surface area contributed by atoms with E-state index in [0.29, 0.717) is 12.2 Å². The zero-order valence-corrected chi connectivity index (χ0v) is 11.2. The summed E-state index contributed by atoms with van der Waals surface area (Å²) in [6.45, 7) is -0.522. The van der Waals surface area contributed by atoms with Gasteiger partial charge in [-0.15, -0.1) is 0 Å². The summed E-state index contributed by atoms with van der Waals surface area (Å²) in [4.78, 5) is 0. The van der Waals surface area contributed by atoms with Crippen LogP contribution in [0.3, 0.4) is 0 Å². The van der Waals surface area contributed by atoms with Crippen LogP contribution in [0.1, 0.15) is 19.8 Å². The first-order valence-corrected chi connectivity index (χ1v) is 6.32. The van der Waals surface area contributed by atoms with Crippen LogP contribution in [0.2, 0.25) is 0 Å². The molecule has 0 bridgehead atoms. The Bertz CT molecular complexity index is 430. The molecule has 0 amide bonds. The van der Waals surface area contributed by atoms with Crippen molar-refractivity contribution in [1.82, 2.24) is 0 Å². The van der Waals surface area contributed by atoms with Crippen molar-refractivity contribution in [2.75, 3.05) is 24.2 Å². The number of aliphatic hydroxyl groups excluding tert-OH is 1. The van der Waals surface area contributed by atoms with Gasteiger partial charge in [0.1, 0.15) is 0 Å². The van der Waals surface area contributed by atoms with Crippen LogP contribution < -0.4 is 15.8 Å². The predicted octanol–water partition coefficient (Wildman–Crippen LogP) is 2.83. The van der Waals surface area contributed by atoms with E-state index in [0.717, 1.165) is 25.0 Å². The molecule has 4 nitrogen and oxygen atoms in total. The summed E-state index contributed by atoms with van der Waals surface area (Å²) in [6.07, 6.45) is 1.58. The molecule has 0 aliphatic rings. The summed E-state index contributed by atoms with van der Waals surface area (Å²) in [5, 5.41) is 11.8. The van der Waals surface area contributed by atoms with Gasteiger partial charge >= 0.3 is 6.61 Å². The molecule has 4 N–H and O–H groups in total. The molecule has 1 aromatic carbocycles. The van der Waals surface area contributed by atoms with E-state index in [9.17, 15) is 13.2 Å². The number of alkyl halides is 2. The van der Waals surface area contributed by atoms with Crippen LogP contribution in [0.5, 0.6) is 5.75 Å². The first-order valence-electron chi connectivity index (χ1n) is 6.32. The van der Waals surface area contributed by atoms with Crippen LogP contribution >= 0.6 is 0 Å². The summed E-state index contributed by atoms with van der Waals surface area (Å²) < 4.78 is 41.6. The van der Waals surface area contributed by atoms with Gasteiger partial charge in [0.05, 0.1) is 11.4 Å².